The molecule has 2 aliphatic heterocycles. The van der Waals surface area contributed by atoms with Gasteiger partial charge in [0.25, 0.3) is 0 Å². The second-order valence-electron chi connectivity index (χ2n) is 11.7. The van der Waals surface area contributed by atoms with Crippen LogP contribution in [-0.2, 0) is 4.74 Å². The Hall–Kier alpha value is -2.01. The zero-order chi connectivity index (χ0) is 22.6. The Morgan fingerprint density at radius 1 is 1.09 bits per heavy atom. The highest BCUT2D eigenvalue weighted by Gasteiger charge is 2.67. The molecule has 7 rings (SSSR count). The SMILES string of the molecule is C[C@H]1C[C@@]23CC[C@@]4(O2)C(=CC[C@]2(C)[C@@H](c5ccc6ccncc6c5)CC[C@H]24)C=C3[C@@H](O)[C@@H]1O. The van der Waals surface area contributed by atoms with Crippen LogP contribution >= 0.6 is 0 Å². The van der Waals surface area contributed by atoms with E-state index in [-0.39, 0.29) is 16.9 Å². The van der Waals surface area contributed by atoms with E-state index in [1.54, 1.807) is 0 Å². The fraction of sp³-hybridized carbons (Fsp3) is 0.552. The molecule has 0 amide bonds. The molecule has 1 aromatic heterocycles. The molecule has 2 saturated carbocycles. The lowest BCUT2D eigenvalue weighted by Gasteiger charge is -2.55. The van der Waals surface area contributed by atoms with Crippen LogP contribution in [0.15, 0.2) is 60.0 Å². The van der Waals surface area contributed by atoms with Crippen molar-refractivity contribution >= 4 is 10.8 Å². The van der Waals surface area contributed by atoms with E-state index in [0.29, 0.717) is 11.8 Å². The maximum atomic E-state index is 10.9. The number of nitrogens with zero attached hydrogens (tertiary/aromatic N) is 1. The van der Waals surface area contributed by atoms with Crippen molar-refractivity contribution in [1.29, 1.82) is 0 Å². The third kappa shape index (κ3) is 2.50. The Labute approximate surface area is 195 Å². The fourth-order valence-corrected chi connectivity index (χ4v) is 8.58. The van der Waals surface area contributed by atoms with Gasteiger partial charge in [-0.2, -0.15) is 0 Å². The van der Waals surface area contributed by atoms with E-state index in [1.807, 2.05) is 19.3 Å². The first-order valence-electron chi connectivity index (χ1n) is 12.7. The van der Waals surface area contributed by atoms with Gasteiger partial charge in [0.15, 0.2) is 0 Å². The maximum absolute atomic E-state index is 10.9. The van der Waals surface area contributed by atoms with Crippen LogP contribution in [-0.4, -0.2) is 38.6 Å². The summed E-state index contributed by atoms with van der Waals surface area (Å²) in [5.41, 5.74) is 3.11. The Kier molecular flexibility index (Phi) is 4.05. The lowest BCUT2D eigenvalue weighted by Crippen LogP contribution is -2.57. The largest absolute Gasteiger partial charge is 0.390 e. The molecule has 2 N–H and O–H groups in total. The number of hydrogen-bond donors (Lipinski definition) is 2. The first-order valence-corrected chi connectivity index (χ1v) is 12.7. The Bertz CT molecular complexity index is 1220. The summed E-state index contributed by atoms with van der Waals surface area (Å²) in [5, 5.41) is 24.0. The number of rotatable bonds is 1. The van der Waals surface area contributed by atoms with Crippen molar-refractivity contribution in [2.24, 2.45) is 17.3 Å². The van der Waals surface area contributed by atoms with Gasteiger partial charge in [0.1, 0.15) is 6.10 Å². The highest BCUT2D eigenvalue weighted by Crippen LogP contribution is 2.69. The molecule has 0 radical (unpaired) electrons. The molecule has 1 saturated heterocycles. The lowest BCUT2D eigenvalue weighted by atomic mass is 9.58. The van der Waals surface area contributed by atoms with Gasteiger partial charge in [-0.15, -0.1) is 0 Å². The number of benzene rings is 1. The Morgan fingerprint density at radius 2 is 1.97 bits per heavy atom. The molecule has 3 heterocycles. The molecule has 2 bridgehead atoms. The van der Waals surface area contributed by atoms with Gasteiger partial charge in [-0.3, -0.25) is 4.98 Å². The maximum Gasteiger partial charge on any atom is 0.104 e. The van der Waals surface area contributed by atoms with E-state index in [9.17, 15) is 10.2 Å². The van der Waals surface area contributed by atoms with Gasteiger partial charge < -0.3 is 14.9 Å². The van der Waals surface area contributed by atoms with E-state index in [0.717, 1.165) is 31.3 Å². The van der Waals surface area contributed by atoms with Gasteiger partial charge in [-0.25, -0.2) is 0 Å². The normalized spacial score (nSPS) is 45.8. The third-order valence-corrected chi connectivity index (χ3v) is 10.2. The smallest absolute Gasteiger partial charge is 0.104 e. The molecule has 8 atom stereocenters. The molecule has 172 valence electrons. The zero-order valence-corrected chi connectivity index (χ0v) is 19.5. The molecule has 2 spiro atoms. The quantitative estimate of drug-likeness (QED) is 0.647. The van der Waals surface area contributed by atoms with Crippen molar-refractivity contribution in [3.63, 3.8) is 0 Å². The van der Waals surface area contributed by atoms with Crippen LogP contribution < -0.4 is 0 Å². The minimum absolute atomic E-state index is 0.0374. The van der Waals surface area contributed by atoms with Gasteiger partial charge in [-0.05, 0) is 95.9 Å². The van der Waals surface area contributed by atoms with E-state index in [2.05, 4.69) is 48.3 Å². The molecular formula is C29H33NO3. The van der Waals surface area contributed by atoms with Crippen LogP contribution in [0.4, 0.5) is 0 Å². The standard InChI is InChI=1S/C29H33NO3/c1-17-15-28-10-11-29(33-28)21(14-23(28)26(32)25(17)31)7-9-27(2)22(5-6-24(27)29)19-4-3-18-8-12-30-16-20(18)13-19/h3-4,7-8,12-14,16-17,22,24-26,31-32H,5-6,9-11,15H2,1-2H3/t17-,22+,24+,25+,26+,27+,28+,29+/m0/s1. The third-order valence-electron chi connectivity index (χ3n) is 10.2. The van der Waals surface area contributed by atoms with Crippen LogP contribution in [0.1, 0.15) is 63.9 Å². The molecule has 5 aliphatic rings. The van der Waals surface area contributed by atoms with Crippen molar-refractivity contribution in [2.45, 2.75) is 81.7 Å². The summed E-state index contributed by atoms with van der Waals surface area (Å²) in [6.45, 7) is 4.53. The second-order valence-corrected chi connectivity index (χ2v) is 11.7. The number of aliphatic hydroxyl groups excluding tert-OH is 2. The molecular weight excluding hydrogens is 410 g/mol. The molecule has 0 unspecified atom stereocenters. The van der Waals surface area contributed by atoms with Crippen molar-refractivity contribution in [3.8, 4) is 0 Å². The summed E-state index contributed by atoms with van der Waals surface area (Å²) < 4.78 is 7.19. The van der Waals surface area contributed by atoms with Gasteiger partial charge in [0.2, 0.25) is 0 Å². The first kappa shape index (κ1) is 20.4. The monoisotopic (exact) mass is 443 g/mol. The summed E-state index contributed by atoms with van der Waals surface area (Å²) in [7, 11) is 0. The van der Waals surface area contributed by atoms with Crippen LogP contribution in [0.25, 0.3) is 10.8 Å². The lowest BCUT2D eigenvalue weighted by molar-refractivity contribution is -0.162. The van der Waals surface area contributed by atoms with Gasteiger partial charge in [0, 0.05) is 17.8 Å². The van der Waals surface area contributed by atoms with E-state index >= 15 is 0 Å². The highest BCUT2D eigenvalue weighted by molar-refractivity contribution is 5.82. The molecule has 2 aromatic rings. The number of ether oxygens (including phenoxy) is 1. The molecule has 3 fully saturated rings. The predicted octanol–water partition coefficient (Wildman–Crippen LogP) is 5.05. The van der Waals surface area contributed by atoms with Gasteiger partial charge in [-0.1, -0.05) is 38.1 Å². The topological polar surface area (TPSA) is 62.6 Å². The number of aliphatic hydroxyl groups is 2. The van der Waals surface area contributed by atoms with E-state index in [4.69, 9.17) is 4.74 Å². The van der Waals surface area contributed by atoms with Crippen LogP contribution in [0.5, 0.6) is 0 Å². The number of hydrogen-bond acceptors (Lipinski definition) is 4. The molecule has 4 nitrogen and oxygen atoms in total. The summed E-state index contributed by atoms with van der Waals surface area (Å²) in [6.07, 6.45) is 13.1. The van der Waals surface area contributed by atoms with Gasteiger partial charge in [0.05, 0.1) is 17.3 Å². The molecule has 3 aliphatic carbocycles. The molecule has 4 heteroatoms. The minimum Gasteiger partial charge on any atom is -0.390 e. The van der Waals surface area contributed by atoms with Crippen LogP contribution in [0, 0.1) is 17.3 Å². The molecule has 33 heavy (non-hydrogen) atoms. The van der Waals surface area contributed by atoms with Crippen molar-refractivity contribution in [3.05, 3.63) is 65.5 Å². The van der Waals surface area contributed by atoms with Crippen molar-refractivity contribution < 1.29 is 14.9 Å². The second kappa shape index (κ2) is 6.56. The predicted molar refractivity (Wildman–Crippen MR) is 128 cm³/mol. The number of pyridine rings is 1. The summed E-state index contributed by atoms with van der Waals surface area (Å²) >= 11 is 0. The zero-order valence-electron chi connectivity index (χ0n) is 19.5. The van der Waals surface area contributed by atoms with E-state index in [1.165, 1.54) is 34.8 Å². The first-order chi connectivity index (χ1) is 15.9. The van der Waals surface area contributed by atoms with Crippen molar-refractivity contribution in [1.82, 2.24) is 4.98 Å². The minimum atomic E-state index is -0.818. The summed E-state index contributed by atoms with van der Waals surface area (Å²) in [4.78, 5) is 4.34. The summed E-state index contributed by atoms with van der Waals surface area (Å²) in [6, 6.07) is 9.02. The van der Waals surface area contributed by atoms with Crippen LogP contribution in [0.3, 0.4) is 0 Å². The highest BCUT2D eigenvalue weighted by atomic mass is 16.5. The number of allylic oxidation sites excluding steroid dienone is 1. The Balaban J connectivity index is 1.31. The Morgan fingerprint density at radius 3 is 2.85 bits per heavy atom. The number of fused-ring (bicyclic) bond motifs is 2. The average Bonchev–Trinajstić information content (AvgIpc) is 3.33. The number of aromatic nitrogens is 1. The molecule has 1 aromatic carbocycles. The van der Waals surface area contributed by atoms with Crippen molar-refractivity contribution in [2.75, 3.05) is 0 Å². The van der Waals surface area contributed by atoms with E-state index < -0.39 is 17.8 Å². The summed E-state index contributed by atoms with van der Waals surface area (Å²) in [5.74, 6) is 1.01. The van der Waals surface area contributed by atoms with Gasteiger partial charge >= 0.3 is 0 Å². The average molecular weight is 444 g/mol. The van der Waals surface area contributed by atoms with Crippen LogP contribution in [0.2, 0.25) is 0 Å². The fourth-order valence-electron chi connectivity index (χ4n) is 8.58.